The fraction of sp³-hybridized carbons (Fsp3) is 0.286. The predicted molar refractivity (Wildman–Crippen MR) is 79.3 cm³/mol. The molecule has 4 nitrogen and oxygen atoms in total. The Morgan fingerprint density at radius 1 is 1.32 bits per heavy atom. The Kier molecular flexibility index (Phi) is 3.31. The summed E-state index contributed by atoms with van der Waals surface area (Å²) in [4.78, 5) is 7.61. The molecule has 0 fully saturated rings. The van der Waals surface area contributed by atoms with E-state index in [1.807, 2.05) is 12.1 Å². The van der Waals surface area contributed by atoms with Crippen molar-refractivity contribution >= 4 is 23.7 Å². The number of aromatic amines is 1. The monoisotopic (exact) mass is 272 g/mol. The van der Waals surface area contributed by atoms with Gasteiger partial charge in [-0.2, -0.15) is 0 Å². The Hall–Kier alpha value is -1.72. The number of nitrogens with zero attached hydrogens (tertiary/aromatic N) is 1. The predicted octanol–water partition coefficient (Wildman–Crippen LogP) is 2.84. The van der Waals surface area contributed by atoms with Crippen molar-refractivity contribution in [3.05, 3.63) is 45.9 Å². The van der Waals surface area contributed by atoms with Crippen LogP contribution in [-0.2, 0) is 13.0 Å². The van der Waals surface area contributed by atoms with E-state index >= 15 is 0 Å². The number of benzene rings is 1. The summed E-state index contributed by atoms with van der Waals surface area (Å²) < 4.78 is 0.526. The van der Waals surface area contributed by atoms with Crippen LogP contribution in [-0.4, -0.2) is 16.5 Å². The summed E-state index contributed by atoms with van der Waals surface area (Å²) in [5.41, 5.74) is 4.65. The first-order valence-electron chi connectivity index (χ1n) is 6.39. The lowest BCUT2D eigenvalue weighted by Crippen LogP contribution is -2.26. The van der Waals surface area contributed by atoms with Crippen LogP contribution >= 0.6 is 12.2 Å². The summed E-state index contributed by atoms with van der Waals surface area (Å²) >= 11 is 5.20. The minimum absolute atomic E-state index is 0.526. The van der Waals surface area contributed by atoms with E-state index in [4.69, 9.17) is 12.2 Å². The number of rotatable bonds is 2. The summed E-state index contributed by atoms with van der Waals surface area (Å²) in [6.45, 7) is 3.88. The van der Waals surface area contributed by atoms with Gasteiger partial charge in [-0.1, -0.05) is 18.2 Å². The van der Waals surface area contributed by atoms with Gasteiger partial charge in [-0.3, -0.25) is 0 Å². The van der Waals surface area contributed by atoms with Crippen LogP contribution in [0.5, 0.6) is 0 Å². The molecule has 0 atom stereocenters. The number of aryl methyl sites for hydroxylation is 1. The van der Waals surface area contributed by atoms with Gasteiger partial charge in [0.25, 0.3) is 0 Å². The lowest BCUT2D eigenvalue weighted by Gasteiger charge is -2.20. The highest BCUT2D eigenvalue weighted by atomic mass is 32.1. The van der Waals surface area contributed by atoms with E-state index in [-0.39, 0.29) is 0 Å². The molecule has 1 aromatic heterocycles. The maximum Gasteiger partial charge on any atom is 0.199 e. The first-order chi connectivity index (χ1) is 9.24. The topological polar surface area (TPSA) is 52.7 Å². The fourth-order valence-electron chi connectivity index (χ4n) is 2.34. The number of anilines is 2. The van der Waals surface area contributed by atoms with Crippen LogP contribution in [0.15, 0.2) is 24.3 Å². The number of hydrogen-bond acceptors (Lipinski definition) is 4. The Labute approximate surface area is 117 Å². The molecule has 0 spiro atoms. The van der Waals surface area contributed by atoms with Crippen molar-refractivity contribution in [2.45, 2.75) is 19.9 Å². The number of H-pyrrole nitrogens is 1. The molecule has 98 valence electrons. The minimum atomic E-state index is 0.526. The van der Waals surface area contributed by atoms with Gasteiger partial charge in [0.05, 0.1) is 0 Å². The number of fused-ring (bicyclic) bond motifs is 1. The molecular formula is C14H16N4S. The number of aromatic nitrogens is 2. The van der Waals surface area contributed by atoms with Gasteiger partial charge in [-0.15, -0.1) is 0 Å². The second-order valence-electron chi connectivity index (χ2n) is 4.71. The van der Waals surface area contributed by atoms with Gasteiger partial charge in [0, 0.05) is 23.5 Å². The summed E-state index contributed by atoms with van der Waals surface area (Å²) in [5.74, 6) is 0.884. The average Bonchev–Trinajstić information content (AvgIpc) is 2.41. The SMILES string of the molecule is Cc1ccccc1Nc1nc(=S)[nH]c2c1CCNC2. The highest BCUT2D eigenvalue weighted by Crippen LogP contribution is 2.24. The second-order valence-corrected chi connectivity index (χ2v) is 5.10. The van der Waals surface area contributed by atoms with E-state index in [0.29, 0.717) is 4.77 Å². The molecule has 1 aliphatic rings. The Morgan fingerprint density at radius 2 is 2.16 bits per heavy atom. The molecule has 1 aliphatic heterocycles. The third kappa shape index (κ3) is 2.52. The molecule has 0 unspecified atom stereocenters. The van der Waals surface area contributed by atoms with E-state index < -0.39 is 0 Å². The van der Waals surface area contributed by atoms with E-state index in [0.717, 1.165) is 36.7 Å². The van der Waals surface area contributed by atoms with Gasteiger partial charge in [0.1, 0.15) is 5.82 Å². The van der Waals surface area contributed by atoms with Crippen LogP contribution in [0.1, 0.15) is 16.8 Å². The number of nitrogens with one attached hydrogen (secondary N) is 3. The molecule has 2 aromatic rings. The van der Waals surface area contributed by atoms with Gasteiger partial charge in [-0.05, 0) is 43.7 Å². The Balaban J connectivity index is 2.03. The zero-order valence-electron chi connectivity index (χ0n) is 10.8. The standard InChI is InChI=1S/C14H16N4S/c1-9-4-2-3-5-11(9)16-13-10-6-7-15-8-12(10)17-14(19)18-13/h2-5,15H,6-8H2,1H3,(H2,16,17,18,19). The van der Waals surface area contributed by atoms with Crippen molar-refractivity contribution in [1.82, 2.24) is 15.3 Å². The van der Waals surface area contributed by atoms with Crippen molar-refractivity contribution in [3.8, 4) is 0 Å². The maximum absolute atomic E-state index is 5.20. The largest absolute Gasteiger partial charge is 0.340 e. The first-order valence-corrected chi connectivity index (χ1v) is 6.80. The summed E-state index contributed by atoms with van der Waals surface area (Å²) in [6, 6.07) is 8.20. The molecule has 0 saturated heterocycles. The van der Waals surface area contributed by atoms with Gasteiger partial charge >= 0.3 is 0 Å². The van der Waals surface area contributed by atoms with Gasteiger partial charge < -0.3 is 15.6 Å². The Morgan fingerprint density at radius 3 is 3.00 bits per heavy atom. The van der Waals surface area contributed by atoms with Crippen LogP contribution < -0.4 is 10.6 Å². The fourth-order valence-corrected chi connectivity index (χ4v) is 2.55. The summed E-state index contributed by atoms with van der Waals surface area (Å²) in [6.07, 6.45) is 0.961. The zero-order valence-corrected chi connectivity index (χ0v) is 11.6. The van der Waals surface area contributed by atoms with E-state index in [2.05, 4.69) is 39.7 Å². The van der Waals surface area contributed by atoms with E-state index in [9.17, 15) is 0 Å². The lowest BCUT2D eigenvalue weighted by molar-refractivity contribution is 0.623. The van der Waals surface area contributed by atoms with E-state index in [1.54, 1.807) is 0 Å². The molecule has 0 aliphatic carbocycles. The van der Waals surface area contributed by atoms with Crippen LogP contribution in [0.3, 0.4) is 0 Å². The molecule has 0 saturated carbocycles. The molecular weight excluding hydrogens is 256 g/mol. The molecule has 19 heavy (non-hydrogen) atoms. The summed E-state index contributed by atoms with van der Waals surface area (Å²) in [5, 5.41) is 6.75. The minimum Gasteiger partial charge on any atom is -0.340 e. The zero-order chi connectivity index (χ0) is 13.2. The molecule has 3 N–H and O–H groups in total. The van der Waals surface area contributed by atoms with Gasteiger partial charge in [0.15, 0.2) is 4.77 Å². The number of hydrogen-bond donors (Lipinski definition) is 3. The molecule has 5 heteroatoms. The quantitative estimate of drug-likeness (QED) is 0.736. The van der Waals surface area contributed by atoms with Crippen molar-refractivity contribution in [2.24, 2.45) is 0 Å². The van der Waals surface area contributed by atoms with Gasteiger partial charge in [-0.25, -0.2) is 4.98 Å². The summed E-state index contributed by atoms with van der Waals surface area (Å²) in [7, 11) is 0. The van der Waals surface area contributed by atoms with Crippen molar-refractivity contribution in [2.75, 3.05) is 11.9 Å². The molecule has 0 radical (unpaired) electrons. The normalized spacial score (nSPS) is 13.9. The maximum atomic E-state index is 5.20. The highest BCUT2D eigenvalue weighted by Gasteiger charge is 2.15. The van der Waals surface area contributed by atoms with Crippen molar-refractivity contribution < 1.29 is 0 Å². The Bertz CT molecular complexity index is 663. The van der Waals surface area contributed by atoms with Gasteiger partial charge in [0.2, 0.25) is 0 Å². The van der Waals surface area contributed by atoms with Crippen LogP contribution in [0.4, 0.5) is 11.5 Å². The molecule has 0 amide bonds. The smallest absolute Gasteiger partial charge is 0.199 e. The molecule has 3 rings (SSSR count). The highest BCUT2D eigenvalue weighted by molar-refractivity contribution is 7.71. The third-order valence-corrected chi connectivity index (χ3v) is 3.57. The van der Waals surface area contributed by atoms with Crippen LogP contribution in [0.25, 0.3) is 0 Å². The van der Waals surface area contributed by atoms with Crippen molar-refractivity contribution in [3.63, 3.8) is 0 Å². The van der Waals surface area contributed by atoms with Crippen molar-refractivity contribution in [1.29, 1.82) is 0 Å². The number of para-hydroxylation sites is 1. The molecule has 0 bridgehead atoms. The second kappa shape index (κ2) is 5.11. The molecule has 1 aromatic carbocycles. The van der Waals surface area contributed by atoms with Crippen LogP contribution in [0, 0.1) is 11.7 Å². The van der Waals surface area contributed by atoms with Crippen LogP contribution in [0.2, 0.25) is 0 Å². The van der Waals surface area contributed by atoms with E-state index in [1.165, 1.54) is 11.1 Å². The first kappa shape index (κ1) is 12.3. The molecule has 2 heterocycles. The average molecular weight is 272 g/mol. The lowest BCUT2D eigenvalue weighted by atomic mass is 10.1. The third-order valence-electron chi connectivity index (χ3n) is 3.37.